The first-order valence-corrected chi connectivity index (χ1v) is 8.70. The Morgan fingerprint density at radius 3 is 2.19 bits per heavy atom. The Labute approximate surface area is 126 Å². The summed E-state index contributed by atoms with van der Waals surface area (Å²) in [5, 5.41) is 2.79. The van der Waals surface area contributed by atoms with Crippen molar-refractivity contribution in [3.8, 4) is 0 Å². The molecule has 1 aromatic rings. The molecule has 0 aliphatic rings. The van der Waals surface area contributed by atoms with Crippen molar-refractivity contribution in [3.63, 3.8) is 0 Å². The van der Waals surface area contributed by atoms with Crippen LogP contribution in [0.25, 0.3) is 0 Å². The second kappa shape index (κ2) is 6.58. The van der Waals surface area contributed by atoms with Crippen LogP contribution in [0.5, 0.6) is 0 Å². The smallest absolute Gasteiger partial charge is 0.221 e. The summed E-state index contributed by atoms with van der Waals surface area (Å²) < 4.78 is 22.7. The highest BCUT2D eigenvalue weighted by molar-refractivity contribution is 7.90. The number of nitrogens with one attached hydrogen (secondary N) is 1. The van der Waals surface area contributed by atoms with Crippen LogP contribution < -0.4 is 11.1 Å². The van der Waals surface area contributed by atoms with Gasteiger partial charge < -0.3 is 11.1 Å². The summed E-state index contributed by atoms with van der Waals surface area (Å²) in [4.78, 5) is 12.1. The highest BCUT2D eigenvalue weighted by Gasteiger charge is 2.22. The fraction of sp³-hybridized carbons (Fsp3) is 0.533. The minimum Gasteiger partial charge on any atom is -0.352 e. The van der Waals surface area contributed by atoms with Crippen molar-refractivity contribution >= 4 is 15.7 Å². The topological polar surface area (TPSA) is 89.3 Å². The van der Waals surface area contributed by atoms with Crippen LogP contribution in [0.1, 0.15) is 32.8 Å². The van der Waals surface area contributed by atoms with Gasteiger partial charge in [0.1, 0.15) is 0 Å². The molecule has 0 spiro atoms. The van der Waals surface area contributed by atoms with E-state index in [-0.39, 0.29) is 28.7 Å². The summed E-state index contributed by atoms with van der Waals surface area (Å²) >= 11 is 0. The lowest BCUT2D eigenvalue weighted by molar-refractivity contribution is -0.122. The van der Waals surface area contributed by atoms with Crippen LogP contribution in [0.15, 0.2) is 29.2 Å². The molecule has 3 N–H and O–H groups in total. The first kappa shape index (κ1) is 17.7. The summed E-state index contributed by atoms with van der Waals surface area (Å²) in [6.45, 7) is 6.35. The molecule has 1 rings (SSSR count). The summed E-state index contributed by atoms with van der Waals surface area (Å²) in [5.41, 5.74) is 6.69. The van der Waals surface area contributed by atoms with Gasteiger partial charge in [-0.3, -0.25) is 4.79 Å². The first-order valence-electron chi connectivity index (χ1n) is 6.81. The molecule has 0 saturated heterocycles. The maximum atomic E-state index is 11.8. The zero-order valence-electron chi connectivity index (χ0n) is 13.0. The Hall–Kier alpha value is -1.40. The summed E-state index contributed by atoms with van der Waals surface area (Å²) in [6, 6.07) is 6.26. The number of benzene rings is 1. The first-order chi connectivity index (χ1) is 9.50. The molecule has 21 heavy (non-hydrogen) atoms. The van der Waals surface area contributed by atoms with Gasteiger partial charge in [-0.2, -0.15) is 0 Å². The molecule has 0 aromatic heterocycles. The van der Waals surface area contributed by atoms with Gasteiger partial charge in [-0.25, -0.2) is 8.42 Å². The lowest BCUT2D eigenvalue weighted by atomic mass is 9.85. The number of hydrogen-bond donors (Lipinski definition) is 2. The number of sulfone groups is 1. The number of amides is 1. The van der Waals surface area contributed by atoms with E-state index in [4.69, 9.17) is 5.73 Å². The Morgan fingerprint density at radius 2 is 1.76 bits per heavy atom. The van der Waals surface area contributed by atoms with Gasteiger partial charge in [0.2, 0.25) is 5.91 Å². The van der Waals surface area contributed by atoms with E-state index in [0.717, 1.165) is 11.8 Å². The highest BCUT2D eigenvalue weighted by atomic mass is 32.2. The molecule has 5 nitrogen and oxygen atoms in total. The van der Waals surface area contributed by atoms with Crippen LogP contribution in [-0.2, 0) is 21.2 Å². The van der Waals surface area contributed by atoms with E-state index in [1.807, 2.05) is 20.8 Å². The molecule has 1 amide bonds. The van der Waals surface area contributed by atoms with Gasteiger partial charge in [0.25, 0.3) is 0 Å². The average Bonchev–Trinajstić information content (AvgIpc) is 2.34. The van der Waals surface area contributed by atoms with Gasteiger partial charge in [-0.15, -0.1) is 0 Å². The van der Waals surface area contributed by atoms with Gasteiger partial charge in [-0.1, -0.05) is 32.9 Å². The minimum absolute atomic E-state index is 0.107. The standard InChI is InChI=1S/C15H24N2O3S/c1-15(2,3)13(16)9-14(18)17-10-11-5-7-12(8-6-11)21(4,19)20/h5-8,13H,9-10,16H2,1-4H3,(H,17,18). The van der Waals surface area contributed by atoms with E-state index in [1.165, 1.54) is 12.1 Å². The van der Waals surface area contributed by atoms with Crippen molar-refractivity contribution in [1.82, 2.24) is 5.32 Å². The second-order valence-corrected chi connectivity index (χ2v) is 8.39. The summed E-state index contributed by atoms with van der Waals surface area (Å²) in [5.74, 6) is -0.107. The van der Waals surface area contributed by atoms with E-state index < -0.39 is 9.84 Å². The third-order valence-electron chi connectivity index (χ3n) is 3.36. The van der Waals surface area contributed by atoms with Gasteiger partial charge in [0.05, 0.1) is 4.90 Å². The maximum Gasteiger partial charge on any atom is 0.221 e. The fourth-order valence-corrected chi connectivity index (χ4v) is 2.26. The SMILES string of the molecule is CC(C)(C)C(N)CC(=O)NCc1ccc(S(C)(=O)=O)cc1. The van der Waals surface area contributed by atoms with Crippen molar-refractivity contribution in [2.24, 2.45) is 11.1 Å². The van der Waals surface area contributed by atoms with Gasteiger partial charge in [0.15, 0.2) is 9.84 Å². The quantitative estimate of drug-likeness (QED) is 0.861. The fourth-order valence-electron chi connectivity index (χ4n) is 1.63. The molecule has 0 radical (unpaired) electrons. The average molecular weight is 312 g/mol. The Morgan fingerprint density at radius 1 is 1.24 bits per heavy atom. The van der Waals surface area contributed by atoms with Crippen LogP contribution in [0.4, 0.5) is 0 Å². The van der Waals surface area contributed by atoms with Crippen molar-refractivity contribution < 1.29 is 13.2 Å². The minimum atomic E-state index is -3.19. The molecule has 6 heteroatoms. The van der Waals surface area contributed by atoms with Crippen molar-refractivity contribution in [3.05, 3.63) is 29.8 Å². The molecule has 0 saturated carbocycles. The molecule has 0 aliphatic heterocycles. The highest BCUT2D eigenvalue weighted by Crippen LogP contribution is 2.19. The van der Waals surface area contributed by atoms with Crippen LogP contribution in [-0.4, -0.2) is 26.6 Å². The van der Waals surface area contributed by atoms with Crippen LogP contribution in [0, 0.1) is 5.41 Å². The van der Waals surface area contributed by atoms with Gasteiger partial charge in [-0.05, 0) is 23.1 Å². The number of hydrogen-bond acceptors (Lipinski definition) is 4. The van der Waals surface area contributed by atoms with E-state index in [0.29, 0.717) is 6.54 Å². The summed E-state index contributed by atoms with van der Waals surface area (Å²) in [7, 11) is -3.19. The predicted octanol–water partition coefficient (Wildman–Crippen LogP) is 1.47. The second-order valence-electron chi connectivity index (χ2n) is 6.37. The number of carbonyl (C=O) groups excluding carboxylic acids is 1. The number of rotatable bonds is 5. The van der Waals surface area contributed by atoms with E-state index >= 15 is 0 Å². The van der Waals surface area contributed by atoms with E-state index in [2.05, 4.69) is 5.32 Å². The zero-order valence-corrected chi connectivity index (χ0v) is 13.8. The van der Waals surface area contributed by atoms with Crippen molar-refractivity contribution in [2.75, 3.05) is 6.26 Å². The van der Waals surface area contributed by atoms with Crippen molar-refractivity contribution in [2.45, 2.75) is 44.7 Å². The predicted molar refractivity (Wildman–Crippen MR) is 83.4 cm³/mol. The Bertz CT molecular complexity index is 586. The molecule has 1 aromatic carbocycles. The van der Waals surface area contributed by atoms with Crippen LogP contribution in [0.3, 0.4) is 0 Å². The molecule has 0 aliphatic carbocycles. The molecule has 0 bridgehead atoms. The van der Waals surface area contributed by atoms with E-state index in [1.54, 1.807) is 12.1 Å². The Balaban J connectivity index is 2.54. The molecule has 0 heterocycles. The number of carbonyl (C=O) groups is 1. The largest absolute Gasteiger partial charge is 0.352 e. The van der Waals surface area contributed by atoms with Crippen molar-refractivity contribution in [1.29, 1.82) is 0 Å². The molecule has 0 fully saturated rings. The van der Waals surface area contributed by atoms with Gasteiger partial charge >= 0.3 is 0 Å². The lowest BCUT2D eigenvalue weighted by Crippen LogP contribution is -2.40. The molecule has 118 valence electrons. The monoisotopic (exact) mass is 312 g/mol. The third kappa shape index (κ3) is 5.85. The molecular weight excluding hydrogens is 288 g/mol. The zero-order chi connectivity index (χ0) is 16.3. The van der Waals surface area contributed by atoms with Gasteiger partial charge in [0, 0.05) is 25.3 Å². The molecular formula is C15H24N2O3S. The van der Waals surface area contributed by atoms with Crippen LogP contribution in [0.2, 0.25) is 0 Å². The normalized spacial score (nSPS) is 13.8. The van der Waals surface area contributed by atoms with Crippen LogP contribution >= 0.6 is 0 Å². The summed E-state index contributed by atoms with van der Waals surface area (Å²) in [6.07, 6.45) is 1.43. The molecule has 1 unspecified atom stereocenters. The third-order valence-corrected chi connectivity index (χ3v) is 4.49. The Kier molecular flexibility index (Phi) is 5.53. The maximum absolute atomic E-state index is 11.8. The van der Waals surface area contributed by atoms with E-state index in [9.17, 15) is 13.2 Å². The lowest BCUT2D eigenvalue weighted by Gasteiger charge is -2.26. The number of nitrogens with two attached hydrogens (primary N) is 1. The molecule has 1 atom stereocenters.